The third kappa shape index (κ3) is 6.07. The quantitative estimate of drug-likeness (QED) is 0.719. The fourth-order valence-corrected chi connectivity index (χ4v) is 4.12. The van der Waals surface area contributed by atoms with E-state index in [1.807, 2.05) is 32.5 Å². The molecule has 2 aromatic rings. The van der Waals surface area contributed by atoms with E-state index in [0.29, 0.717) is 25.2 Å². The summed E-state index contributed by atoms with van der Waals surface area (Å²) in [6.45, 7) is 9.30. The smallest absolute Gasteiger partial charge is 0.226 e. The van der Waals surface area contributed by atoms with Crippen molar-refractivity contribution in [2.24, 2.45) is 0 Å². The Balaban J connectivity index is 1.49. The zero-order valence-electron chi connectivity index (χ0n) is 17.0. The predicted molar refractivity (Wildman–Crippen MR) is 114 cm³/mol. The number of aromatic nitrogens is 2. The Hall–Kier alpha value is -1.86. The Morgan fingerprint density at radius 3 is 2.82 bits per heavy atom. The lowest BCUT2D eigenvalue weighted by Gasteiger charge is -2.26. The van der Waals surface area contributed by atoms with Gasteiger partial charge in [-0.1, -0.05) is 31.1 Å². The van der Waals surface area contributed by atoms with E-state index in [2.05, 4.69) is 38.6 Å². The molecule has 0 unspecified atom stereocenters. The molecule has 0 atom stereocenters. The van der Waals surface area contributed by atoms with Crippen LogP contribution in [0.2, 0.25) is 0 Å². The molecule has 1 aromatic carbocycles. The molecule has 6 nitrogen and oxygen atoms in total. The van der Waals surface area contributed by atoms with Crippen molar-refractivity contribution >= 4 is 23.4 Å². The Kier molecular flexibility index (Phi) is 7.50. The second kappa shape index (κ2) is 10.1. The van der Waals surface area contributed by atoms with Gasteiger partial charge in [0.1, 0.15) is 0 Å². The topological polar surface area (TPSA) is 71.3 Å². The summed E-state index contributed by atoms with van der Waals surface area (Å²) in [7, 11) is 0. The molecule has 152 valence electrons. The standard InChI is InChI=1S/C21H30N4O2S/c1-15(2)21-23-20(27-24-21)6-4-5-19(26)22-18-13-17(8-7-16(18)3)14-25-9-11-28-12-10-25/h7-8,13,15H,4-6,9-12,14H2,1-3H3,(H,22,26). The molecule has 7 heteroatoms. The van der Waals surface area contributed by atoms with Crippen molar-refractivity contribution in [3.63, 3.8) is 0 Å². The molecule has 1 N–H and O–H groups in total. The third-order valence-electron chi connectivity index (χ3n) is 4.88. The van der Waals surface area contributed by atoms with E-state index in [1.54, 1.807) is 0 Å². The van der Waals surface area contributed by atoms with Crippen molar-refractivity contribution in [3.8, 4) is 0 Å². The first-order chi connectivity index (χ1) is 13.5. The summed E-state index contributed by atoms with van der Waals surface area (Å²) < 4.78 is 5.23. The zero-order chi connectivity index (χ0) is 19.9. The van der Waals surface area contributed by atoms with E-state index in [4.69, 9.17) is 4.52 Å². The monoisotopic (exact) mass is 402 g/mol. The number of thioether (sulfide) groups is 1. The summed E-state index contributed by atoms with van der Waals surface area (Å²) in [5, 5.41) is 7.03. The maximum Gasteiger partial charge on any atom is 0.226 e. The highest BCUT2D eigenvalue weighted by atomic mass is 32.2. The van der Waals surface area contributed by atoms with Crippen LogP contribution in [0.3, 0.4) is 0 Å². The van der Waals surface area contributed by atoms with Gasteiger partial charge in [-0.3, -0.25) is 9.69 Å². The highest BCUT2D eigenvalue weighted by molar-refractivity contribution is 7.99. The first-order valence-corrected chi connectivity index (χ1v) is 11.2. The van der Waals surface area contributed by atoms with Gasteiger partial charge in [-0.25, -0.2) is 0 Å². The molecular weight excluding hydrogens is 372 g/mol. The molecule has 2 heterocycles. The van der Waals surface area contributed by atoms with E-state index in [1.165, 1.54) is 17.1 Å². The fourth-order valence-electron chi connectivity index (χ4n) is 3.14. The first-order valence-electron chi connectivity index (χ1n) is 10.0. The molecule has 0 radical (unpaired) electrons. The summed E-state index contributed by atoms with van der Waals surface area (Å²) in [6, 6.07) is 6.37. The van der Waals surface area contributed by atoms with E-state index in [-0.39, 0.29) is 11.8 Å². The van der Waals surface area contributed by atoms with E-state index in [0.717, 1.165) is 36.7 Å². The van der Waals surface area contributed by atoms with E-state index >= 15 is 0 Å². The number of nitrogens with one attached hydrogen (secondary N) is 1. The zero-order valence-corrected chi connectivity index (χ0v) is 17.8. The second-order valence-corrected chi connectivity index (χ2v) is 8.87. The number of aryl methyl sites for hydroxylation is 2. The number of benzene rings is 1. The lowest BCUT2D eigenvalue weighted by atomic mass is 10.1. The largest absolute Gasteiger partial charge is 0.339 e. The van der Waals surface area contributed by atoms with Crippen LogP contribution in [0, 0.1) is 6.92 Å². The number of anilines is 1. The van der Waals surface area contributed by atoms with Crippen molar-refractivity contribution in [2.45, 2.75) is 52.5 Å². The van der Waals surface area contributed by atoms with Crippen LogP contribution in [0.5, 0.6) is 0 Å². The average Bonchev–Trinajstić information content (AvgIpc) is 3.15. The summed E-state index contributed by atoms with van der Waals surface area (Å²) in [5.41, 5.74) is 3.25. The van der Waals surface area contributed by atoms with Crippen molar-refractivity contribution in [3.05, 3.63) is 41.0 Å². The number of rotatable bonds is 8. The summed E-state index contributed by atoms with van der Waals surface area (Å²) in [5.74, 6) is 4.01. The highest BCUT2D eigenvalue weighted by Gasteiger charge is 2.13. The third-order valence-corrected chi connectivity index (χ3v) is 5.82. The second-order valence-electron chi connectivity index (χ2n) is 7.64. The number of hydrogen-bond acceptors (Lipinski definition) is 6. The molecule has 3 rings (SSSR count). The van der Waals surface area contributed by atoms with Crippen LogP contribution in [0.1, 0.15) is 55.4 Å². The van der Waals surface area contributed by atoms with Gasteiger partial charge in [0.15, 0.2) is 5.82 Å². The summed E-state index contributed by atoms with van der Waals surface area (Å²) in [6.07, 6.45) is 1.75. The number of nitrogens with zero attached hydrogens (tertiary/aromatic N) is 3. The maximum absolute atomic E-state index is 12.4. The van der Waals surface area contributed by atoms with Gasteiger partial charge in [-0.05, 0) is 30.5 Å². The molecule has 0 aliphatic carbocycles. The molecular formula is C21H30N4O2S. The van der Waals surface area contributed by atoms with Crippen molar-refractivity contribution in [1.29, 1.82) is 0 Å². The lowest BCUT2D eigenvalue weighted by Crippen LogP contribution is -2.32. The van der Waals surface area contributed by atoms with Gasteiger partial charge in [0.25, 0.3) is 0 Å². The molecule has 1 aromatic heterocycles. The maximum atomic E-state index is 12.4. The predicted octanol–water partition coefficient (Wildman–Crippen LogP) is 4.01. The lowest BCUT2D eigenvalue weighted by molar-refractivity contribution is -0.116. The normalized spacial score (nSPS) is 15.1. The van der Waals surface area contributed by atoms with Gasteiger partial charge in [0, 0.05) is 55.6 Å². The Bertz CT molecular complexity index is 784. The minimum Gasteiger partial charge on any atom is -0.339 e. The number of hydrogen-bond donors (Lipinski definition) is 1. The van der Waals surface area contributed by atoms with Gasteiger partial charge in [-0.15, -0.1) is 0 Å². The average molecular weight is 403 g/mol. The van der Waals surface area contributed by atoms with Crippen LogP contribution in [-0.4, -0.2) is 45.5 Å². The number of amides is 1. The Labute approximate surface area is 171 Å². The van der Waals surface area contributed by atoms with Gasteiger partial charge in [0.2, 0.25) is 11.8 Å². The molecule has 0 spiro atoms. The van der Waals surface area contributed by atoms with Crippen LogP contribution < -0.4 is 5.32 Å². The molecule has 0 saturated carbocycles. The van der Waals surface area contributed by atoms with Crippen molar-refractivity contribution in [2.75, 3.05) is 29.9 Å². The van der Waals surface area contributed by atoms with Gasteiger partial charge >= 0.3 is 0 Å². The van der Waals surface area contributed by atoms with Gasteiger partial charge < -0.3 is 9.84 Å². The fraction of sp³-hybridized carbons (Fsp3) is 0.571. The van der Waals surface area contributed by atoms with E-state index in [9.17, 15) is 4.79 Å². The first kappa shape index (κ1) is 20.9. The molecule has 28 heavy (non-hydrogen) atoms. The molecule has 1 aliphatic rings. The molecule has 0 bridgehead atoms. The van der Waals surface area contributed by atoms with Crippen LogP contribution in [0.25, 0.3) is 0 Å². The van der Waals surface area contributed by atoms with Crippen molar-refractivity contribution in [1.82, 2.24) is 15.0 Å². The Morgan fingerprint density at radius 2 is 2.11 bits per heavy atom. The van der Waals surface area contributed by atoms with Gasteiger partial charge in [-0.2, -0.15) is 16.7 Å². The minimum absolute atomic E-state index is 0.0261. The number of carbonyl (C=O) groups is 1. The highest BCUT2D eigenvalue weighted by Crippen LogP contribution is 2.20. The van der Waals surface area contributed by atoms with Crippen LogP contribution in [-0.2, 0) is 17.8 Å². The van der Waals surface area contributed by atoms with Crippen molar-refractivity contribution < 1.29 is 9.32 Å². The molecule has 1 fully saturated rings. The van der Waals surface area contributed by atoms with Crippen LogP contribution >= 0.6 is 11.8 Å². The minimum atomic E-state index is 0.0261. The summed E-state index contributed by atoms with van der Waals surface area (Å²) in [4.78, 5) is 19.2. The molecule has 1 aliphatic heterocycles. The summed E-state index contributed by atoms with van der Waals surface area (Å²) >= 11 is 2.02. The van der Waals surface area contributed by atoms with Crippen LogP contribution in [0.4, 0.5) is 5.69 Å². The molecule has 1 saturated heterocycles. The van der Waals surface area contributed by atoms with Gasteiger partial charge in [0.05, 0.1) is 0 Å². The SMILES string of the molecule is Cc1ccc(CN2CCSCC2)cc1NC(=O)CCCc1nc(C(C)C)no1. The Morgan fingerprint density at radius 1 is 1.32 bits per heavy atom. The molecule has 1 amide bonds. The van der Waals surface area contributed by atoms with E-state index < -0.39 is 0 Å². The van der Waals surface area contributed by atoms with Crippen LogP contribution in [0.15, 0.2) is 22.7 Å². The number of carbonyl (C=O) groups excluding carboxylic acids is 1.